The van der Waals surface area contributed by atoms with Gasteiger partial charge in [-0.05, 0) is 186 Å². The molecule has 0 spiro atoms. The standard InChI is InChI=1S/C61H81N9O10.2C7H8O3S/c1-3-4-5-6-9-36-80-48-30-26-44(27-31-48)42-20-18-41(19-21-42)43-22-24-45(25-23-43)55(73)65-49-13-10-34-64-58(76)53-37-46(63)38-70(53)60(78)51(12-7-8-33-62)67-56(74)50(32-17-40-15-28-47(72)29-16-40)66-59(77)52-14-11-35-69(52)61(79)54(39(2)71)68-57(49)75;2*1-6-2-4-7(5-3-6)11(8,9)10/h15-16,18-31,39,46,49-54,71-72H,3-14,17,32-38,62-63H2,1-2H3,(H,64,76)(H,65,73)(H,66,77)(H,67,74)(H,68,75);2*2-5H,1H3,(H,8,9,10)/t39-,46+,49+,50+,51+,52+,53+,54+;;/m1../s1. The number of nitrogens with two attached hydrogens (primary N) is 2. The predicted octanol–water partition coefficient (Wildman–Crippen LogP) is 7.08. The van der Waals surface area contributed by atoms with Gasteiger partial charge in [0.05, 0.1) is 22.5 Å². The molecule has 0 radical (unpaired) electrons. The van der Waals surface area contributed by atoms with Crippen LogP contribution in [-0.4, -0.2) is 168 Å². The van der Waals surface area contributed by atoms with Crippen molar-refractivity contribution < 1.29 is 74.5 Å². The second-order valence-electron chi connectivity index (χ2n) is 26.0. The van der Waals surface area contributed by atoms with E-state index in [9.17, 15) is 60.6 Å². The number of hydrogen-bond acceptors (Lipinski definition) is 16. The average Bonchev–Trinajstić information content (AvgIpc) is 1.62. The molecule has 0 bridgehead atoms. The van der Waals surface area contributed by atoms with Crippen molar-refractivity contribution in [1.82, 2.24) is 36.4 Å². The molecule has 0 unspecified atom stereocenters. The number of amides is 7. The highest BCUT2D eigenvalue weighted by molar-refractivity contribution is 7.86. The molecule has 3 saturated heterocycles. The number of ether oxygens (including phenoxy) is 1. The maximum atomic E-state index is 14.5. The molecule has 0 aromatic heterocycles. The Bertz CT molecular complexity index is 3910. The predicted molar refractivity (Wildman–Crippen MR) is 387 cm³/mol. The highest BCUT2D eigenvalue weighted by Gasteiger charge is 2.44. The minimum atomic E-state index is -4.02. The molecule has 3 heterocycles. The second-order valence-corrected chi connectivity index (χ2v) is 28.9. The molecule has 6 aromatic rings. The molecule has 25 nitrogen and oxygen atoms in total. The summed E-state index contributed by atoms with van der Waals surface area (Å²) >= 11 is 0. The van der Waals surface area contributed by atoms with E-state index in [2.05, 4.69) is 33.5 Å². The molecule has 13 N–H and O–H groups in total. The number of aryl methyl sites for hydroxylation is 3. The fraction of sp³-hybridized carbons (Fsp3) is 0.427. The molecule has 7 amide bonds. The first-order valence-corrected chi connectivity index (χ1v) is 37.6. The Morgan fingerprint density at radius 3 is 1.71 bits per heavy atom. The Kier molecular flexibility index (Phi) is 30.5. The molecule has 3 aliphatic rings. The number of aliphatic hydroxyl groups excluding tert-OH is 1. The number of unbranched alkanes of at least 4 members (excludes halogenated alkanes) is 5. The van der Waals surface area contributed by atoms with Gasteiger partial charge in [-0.25, -0.2) is 0 Å². The van der Waals surface area contributed by atoms with Crippen LogP contribution in [0.4, 0.5) is 0 Å². The monoisotopic (exact) mass is 1440 g/mol. The lowest BCUT2D eigenvalue weighted by atomic mass is 9.99. The van der Waals surface area contributed by atoms with Crippen LogP contribution in [0.3, 0.4) is 0 Å². The summed E-state index contributed by atoms with van der Waals surface area (Å²) in [5.74, 6) is -3.54. The van der Waals surface area contributed by atoms with Crippen LogP contribution in [0.25, 0.3) is 22.3 Å². The number of benzene rings is 6. The van der Waals surface area contributed by atoms with E-state index in [1.165, 1.54) is 72.4 Å². The number of carbonyl (C=O) groups excluding carboxylic acids is 7. The van der Waals surface area contributed by atoms with Gasteiger partial charge >= 0.3 is 0 Å². The SMILES string of the molecule is CCCCCCCOc1ccc(-c2ccc(-c3ccc(C(=O)N[C@H]4CCCNC(=O)[C@@H]5C[C@H](N)CN5C(=O)[C@H](CCCCN)NC(=O)[C@H](CCc5ccc(O)cc5)NC(=O)[C@@H]5CCCN5C(=O)[C@H]([C@@H](C)O)NC4=O)cc3)cc2)cc1.Cc1ccc(S(=O)(=O)O)cc1.Cc1ccc(S(=O)(=O)O)cc1. The fourth-order valence-corrected chi connectivity index (χ4v) is 13.1. The maximum Gasteiger partial charge on any atom is 0.294 e. The Morgan fingerprint density at radius 2 is 1.16 bits per heavy atom. The van der Waals surface area contributed by atoms with Crippen LogP contribution in [0, 0.1) is 13.8 Å². The summed E-state index contributed by atoms with van der Waals surface area (Å²) in [6.45, 7) is 8.45. The number of aromatic hydroxyl groups is 1. The molecule has 3 aliphatic heterocycles. The van der Waals surface area contributed by atoms with E-state index in [0.717, 1.165) is 57.5 Å². The van der Waals surface area contributed by atoms with Crippen LogP contribution in [0.2, 0.25) is 0 Å². The summed E-state index contributed by atoms with van der Waals surface area (Å²) in [7, 11) is -8.04. The van der Waals surface area contributed by atoms with E-state index >= 15 is 0 Å². The highest BCUT2D eigenvalue weighted by Crippen LogP contribution is 2.28. The zero-order chi connectivity index (χ0) is 74.1. The molecule has 0 saturated carbocycles. The van der Waals surface area contributed by atoms with Gasteiger partial charge in [0, 0.05) is 31.2 Å². The Morgan fingerprint density at radius 1 is 0.608 bits per heavy atom. The minimum Gasteiger partial charge on any atom is -0.508 e. The van der Waals surface area contributed by atoms with Crippen molar-refractivity contribution in [2.24, 2.45) is 11.5 Å². The van der Waals surface area contributed by atoms with Gasteiger partial charge in [0.1, 0.15) is 47.8 Å². The van der Waals surface area contributed by atoms with Crippen molar-refractivity contribution in [3.8, 4) is 33.8 Å². The molecule has 0 aliphatic carbocycles. The van der Waals surface area contributed by atoms with E-state index in [1.807, 2.05) is 74.5 Å². The van der Waals surface area contributed by atoms with Crippen LogP contribution in [0.5, 0.6) is 11.5 Å². The van der Waals surface area contributed by atoms with Gasteiger partial charge < -0.3 is 62.8 Å². The molecular formula is C75H97N9O16S2. The van der Waals surface area contributed by atoms with Gasteiger partial charge in [0.15, 0.2) is 0 Å². The van der Waals surface area contributed by atoms with Gasteiger partial charge in [0.25, 0.3) is 26.1 Å². The van der Waals surface area contributed by atoms with E-state index < -0.39 is 110 Å². The summed E-state index contributed by atoms with van der Waals surface area (Å²) in [5.41, 5.74) is 19.0. The van der Waals surface area contributed by atoms with E-state index in [1.54, 1.807) is 48.5 Å². The zero-order valence-electron chi connectivity index (χ0n) is 58.2. The molecule has 8 atom stereocenters. The summed E-state index contributed by atoms with van der Waals surface area (Å²) < 4.78 is 65.1. The fourth-order valence-electron chi connectivity index (χ4n) is 12.1. The van der Waals surface area contributed by atoms with E-state index in [-0.39, 0.29) is 85.7 Å². The first-order valence-electron chi connectivity index (χ1n) is 34.7. The van der Waals surface area contributed by atoms with Crippen LogP contribution in [-0.2, 0) is 55.4 Å². The van der Waals surface area contributed by atoms with E-state index in [0.29, 0.717) is 32.4 Å². The first kappa shape index (κ1) is 80.2. The largest absolute Gasteiger partial charge is 0.508 e. The van der Waals surface area contributed by atoms with Gasteiger partial charge in [0.2, 0.25) is 35.4 Å². The lowest BCUT2D eigenvalue weighted by Gasteiger charge is -2.32. The van der Waals surface area contributed by atoms with Crippen molar-refractivity contribution in [2.75, 3.05) is 32.8 Å². The van der Waals surface area contributed by atoms with Gasteiger partial charge in [-0.15, -0.1) is 0 Å². The number of nitrogens with one attached hydrogen (secondary N) is 5. The van der Waals surface area contributed by atoms with Gasteiger partial charge in [-0.1, -0.05) is 129 Å². The number of carbonyl (C=O) groups is 7. The third-order valence-corrected chi connectivity index (χ3v) is 19.7. The molecule has 550 valence electrons. The van der Waals surface area contributed by atoms with Crippen LogP contribution < -0.4 is 42.8 Å². The topological polar surface area (TPSA) is 397 Å². The number of rotatable bonds is 21. The number of nitrogens with zero attached hydrogens (tertiary/aromatic N) is 2. The minimum absolute atomic E-state index is 0.0137. The Balaban J connectivity index is 0.000000560. The number of hydrogen-bond donors (Lipinski definition) is 11. The molecule has 9 rings (SSSR count). The summed E-state index contributed by atoms with van der Waals surface area (Å²) in [6.07, 6.45) is 6.91. The second kappa shape index (κ2) is 38.8. The first-order chi connectivity index (χ1) is 48.6. The van der Waals surface area contributed by atoms with Crippen molar-refractivity contribution >= 4 is 61.6 Å². The summed E-state index contributed by atoms with van der Waals surface area (Å²) in [6, 6.07) is 33.7. The Hall–Kier alpha value is -9.09. The summed E-state index contributed by atoms with van der Waals surface area (Å²) in [5, 5.41) is 35.1. The lowest BCUT2D eigenvalue weighted by Crippen LogP contribution is -2.61. The highest BCUT2D eigenvalue weighted by atomic mass is 32.2. The van der Waals surface area contributed by atoms with E-state index in [4.69, 9.17) is 25.3 Å². The van der Waals surface area contributed by atoms with Crippen LogP contribution in [0.15, 0.2) is 155 Å². The maximum absolute atomic E-state index is 14.5. The summed E-state index contributed by atoms with van der Waals surface area (Å²) in [4.78, 5) is 103. The molecular weight excluding hydrogens is 1350 g/mol. The van der Waals surface area contributed by atoms with Gasteiger partial charge in [-0.3, -0.25) is 42.7 Å². The average molecular weight is 1440 g/mol. The van der Waals surface area contributed by atoms with Crippen molar-refractivity contribution in [3.05, 3.63) is 168 Å². The number of phenols is 1. The van der Waals surface area contributed by atoms with Crippen LogP contribution in [0.1, 0.15) is 131 Å². The number of fused-ring (bicyclic) bond motifs is 2. The molecule has 6 aromatic carbocycles. The molecule has 3 fully saturated rings. The van der Waals surface area contributed by atoms with Crippen molar-refractivity contribution in [2.45, 2.75) is 182 Å². The van der Waals surface area contributed by atoms with Gasteiger partial charge in [-0.2, -0.15) is 16.8 Å². The quantitative estimate of drug-likeness (QED) is 0.0253. The molecule has 27 heteroatoms. The third kappa shape index (κ3) is 24.3. The third-order valence-electron chi connectivity index (χ3n) is 18.0. The Labute approximate surface area is 597 Å². The molecule has 102 heavy (non-hydrogen) atoms. The normalized spacial score (nSPS) is 20.5. The smallest absolute Gasteiger partial charge is 0.294 e. The van der Waals surface area contributed by atoms with Crippen molar-refractivity contribution in [1.29, 1.82) is 0 Å². The van der Waals surface area contributed by atoms with Crippen molar-refractivity contribution in [3.63, 3.8) is 0 Å². The lowest BCUT2D eigenvalue weighted by molar-refractivity contribution is -0.144. The van der Waals surface area contributed by atoms with Crippen LogP contribution >= 0.6 is 0 Å². The number of phenolic OH excluding ortho intramolecular Hbond substituents is 1. The zero-order valence-corrected chi connectivity index (χ0v) is 59.8. The number of aliphatic hydroxyl groups is 1.